The first-order chi connectivity index (χ1) is 4.52. The summed E-state index contributed by atoms with van der Waals surface area (Å²) in [6, 6.07) is 0. The Morgan fingerprint density at radius 1 is 1.50 bits per heavy atom. The molecule has 10 heavy (non-hydrogen) atoms. The first kappa shape index (κ1) is 7.61. The standard InChI is InChI=1S/C7H11ClN2/c1-7(2,3)6-5(8)4-9-10-6/h4H,1-3H3,(H,9,10). The lowest BCUT2D eigenvalue weighted by Gasteiger charge is -2.14. The van der Waals surface area contributed by atoms with E-state index in [4.69, 9.17) is 11.6 Å². The van der Waals surface area contributed by atoms with Gasteiger partial charge < -0.3 is 0 Å². The summed E-state index contributed by atoms with van der Waals surface area (Å²) in [4.78, 5) is 0. The van der Waals surface area contributed by atoms with Crippen LogP contribution in [0.1, 0.15) is 26.5 Å². The summed E-state index contributed by atoms with van der Waals surface area (Å²) in [7, 11) is 0. The van der Waals surface area contributed by atoms with Gasteiger partial charge in [-0.1, -0.05) is 32.4 Å². The highest BCUT2D eigenvalue weighted by molar-refractivity contribution is 6.31. The Kier molecular flexibility index (Phi) is 1.73. The largest absolute Gasteiger partial charge is 0.284 e. The molecular formula is C7H11ClN2. The minimum Gasteiger partial charge on any atom is -0.284 e. The van der Waals surface area contributed by atoms with Gasteiger partial charge in [-0.15, -0.1) is 0 Å². The Hall–Kier alpha value is -0.500. The molecule has 0 aliphatic heterocycles. The molecule has 0 aromatic carbocycles. The molecule has 1 heterocycles. The molecule has 1 rings (SSSR count). The van der Waals surface area contributed by atoms with Gasteiger partial charge in [0.25, 0.3) is 0 Å². The number of halogens is 1. The summed E-state index contributed by atoms with van der Waals surface area (Å²) in [5.41, 5.74) is 0.964. The molecule has 0 radical (unpaired) electrons. The van der Waals surface area contributed by atoms with Crippen molar-refractivity contribution in [3.8, 4) is 0 Å². The number of rotatable bonds is 0. The van der Waals surface area contributed by atoms with Crippen molar-refractivity contribution in [2.45, 2.75) is 26.2 Å². The molecule has 0 fully saturated rings. The van der Waals surface area contributed by atoms with Crippen molar-refractivity contribution < 1.29 is 0 Å². The van der Waals surface area contributed by atoms with Gasteiger partial charge in [0.15, 0.2) is 0 Å². The predicted octanol–water partition coefficient (Wildman–Crippen LogP) is 2.36. The highest BCUT2D eigenvalue weighted by Crippen LogP contribution is 2.26. The first-order valence-electron chi connectivity index (χ1n) is 3.21. The van der Waals surface area contributed by atoms with Crippen LogP contribution in [0.15, 0.2) is 6.20 Å². The Morgan fingerprint density at radius 3 is 2.30 bits per heavy atom. The van der Waals surface area contributed by atoms with Gasteiger partial charge in [-0.2, -0.15) is 5.10 Å². The number of aromatic nitrogens is 2. The average Bonchev–Trinajstić information content (AvgIpc) is 2.11. The molecule has 0 saturated carbocycles. The molecule has 0 unspecified atom stereocenters. The lowest BCUT2D eigenvalue weighted by Crippen LogP contribution is -2.12. The molecule has 0 bridgehead atoms. The molecule has 0 spiro atoms. The van der Waals surface area contributed by atoms with E-state index in [9.17, 15) is 0 Å². The second-order valence-electron chi connectivity index (χ2n) is 3.33. The third kappa shape index (κ3) is 1.32. The summed E-state index contributed by atoms with van der Waals surface area (Å²) < 4.78 is 0. The Labute approximate surface area is 65.6 Å². The highest BCUT2D eigenvalue weighted by atomic mass is 35.5. The molecule has 0 aliphatic carbocycles. The third-order valence-corrected chi connectivity index (χ3v) is 1.59. The zero-order chi connectivity index (χ0) is 7.78. The number of hydrogen-bond donors (Lipinski definition) is 1. The van der Waals surface area contributed by atoms with Crippen LogP contribution in [0.25, 0.3) is 0 Å². The van der Waals surface area contributed by atoms with E-state index in [0.29, 0.717) is 5.02 Å². The minimum atomic E-state index is 0.0388. The molecule has 1 aromatic rings. The Balaban J connectivity index is 3.05. The monoisotopic (exact) mass is 158 g/mol. The average molecular weight is 159 g/mol. The molecule has 0 atom stereocenters. The Morgan fingerprint density at radius 2 is 2.10 bits per heavy atom. The van der Waals surface area contributed by atoms with Crippen molar-refractivity contribution in [2.75, 3.05) is 0 Å². The maximum absolute atomic E-state index is 5.83. The van der Waals surface area contributed by atoms with Crippen LogP contribution in [0.4, 0.5) is 0 Å². The van der Waals surface area contributed by atoms with Gasteiger partial charge in [0.2, 0.25) is 0 Å². The van der Waals surface area contributed by atoms with Crippen LogP contribution in [-0.2, 0) is 5.41 Å². The second kappa shape index (κ2) is 2.27. The van der Waals surface area contributed by atoms with Crippen LogP contribution in [0.3, 0.4) is 0 Å². The van der Waals surface area contributed by atoms with E-state index in [1.165, 1.54) is 0 Å². The van der Waals surface area contributed by atoms with E-state index in [2.05, 4.69) is 31.0 Å². The molecule has 56 valence electrons. The van der Waals surface area contributed by atoms with Crippen LogP contribution in [0.5, 0.6) is 0 Å². The third-order valence-electron chi connectivity index (χ3n) is 1.30. The summed E-state index contributed by atoms with van der Waals surface area (Å²) in [5, 5.41) is 7.47. The quantitative estimate of drug-likeness (QED) is 0.617. The molecule has 0 amide bonds. The summed E-state index contributed by atoms with van der Waals surface area (Å²) in [5.74, 6) is 0. The van der Waals surface area contributed by atoms with Crippen molar-refractivity contribution in [1.82, 2.24) is 10.2 Å². The van der Waals surface area contributed by atoms with Crippen LogP contribution >= 0.6 is 11.6 Å². The van der Waals surface area contributed by atoms with Crippen molar-refractivity contribution in [2.24, 2.45) is 0 Å². The Bertz CT molecular complexity index is 222. The summed E-state index contributed by atoms with van der Waals surface area (Å²) in [6.07, 6.45) is 1.70. The van der Waals surface area contributed by atoms with Crippen LogP contribution in [0, 0.1) is 0 Å². The highest BCUT2D eigenvalue weighted by Gasteiger charge is 2.19. The normalized spacial score (nSPS) is 12.0. The maximum atomic E-state index is 5.83. The maximum Gasteiger partial charge on any atom is 0.0861 e. The SMILES string of the molecule is CC(C)(C)c1n[nH]cc1Cl. The zero-order valence-corrected chi connectivity index (χ0v) is 7.16. The number of nitrogens with zero attached hydrogens (tertiary/aromatic N) is 1. The second-order valence-corrected chi connectivity index (χ2v) is 3.74. The van der Waals surface area contributed by atoms with E-state index in [1.54, 1.807) is 6.20 Å². The van der Waals surface area contributed by atoms with Crippen molar-refractivity contribution >= 4 is 11.6 Å². The van der Waals surface area contributed by atoms with E-state index >= 15 is 0 Å². The molecule has 0 saturated heterocycles. The van der Waals surface area contributed by atoms with Crippen LogP contribution < -0.4 is 0 Å². The fourth-order valence-electron chi connectivity index (χ4n) is 0.801. The first-order valence-corrected chi connectivity index (χ1v) is 3.59. The number of aromatic amines is 1. The summed E-state index contributed by atoms with van der Waals surface area (Å²) >= 11 is 5.83. The van der Waals surface area contributed by atoms with Gasteiger partial charge in [-0.05, 0) is 0 Å². The predicted molar refractivity (Wildman–Crippen MR) is 42.3 cm³/mol. The van der Waals surface area contributed by atoms with E-state index in [1.807, 2.05) is 0 Å². The van der Waals surface area contributed by atoms with Gasteiger partial charge in [-0.3, -0.25) is 5.10 Å². The van der Waals surface area contributed by atoms with Gasteiger partial charge in [0.1, 0.15) is 0 Å². The topological polar surface area (TPSA) is 28.7 Å². The van der Waals surface area contributed by atoms with Crippen molar-refractivity contribution in [3.63, 3.8) is 0 Å². The minimum absolute atomic E-state index is 0.0388. The van der Waals surface area contributed by atoms with E-state index in [-0.39, 0.29) is 5.41 Å². The molecule has 2 nitrogen and oxygen atoms in total. The molecule has 3 heteroatoms. The van der Waals surface area contributed by atoms with Gasteiger partial charge in [0, 0.05) is 11.6 Å². The van der Waals surface area contributed by atoms with Gasteiger partial charge in [-0.25, -0.2) is 0 Å². The molecule has 1 N–H and O–H groups in total. The lowest BCUT2D eigenvalue weighted by molar-refractivity contribution is 0.567. The van der Waals surface area contributed by atoms with Crippen molar-refractivity contribution in [3.05, 3.63) is 16.9 Å². The van der Waals surface area contributed by atoms with Crippen LogP contribution in [0.2, 0.25) is 5.02 Å². The van der Waals surface area contributed by atoms with E-state index in [0.717, 1.165) is 5.69 Å². The van der Waals surface area contributed by atoms with E-state index < -0.39 is 0 Å². The lowest BCUT2D eigenvalue weighted by atomic mass is 9.93. The molecule has 0 aliphatic rings. The van der Waals surface area contributed by atoms with Gasteiger partial charge >= 0.3 is 0 Å². The molecule has 1 aromatic heterocycles. The molecular weight excluding hydrogens is 148 g/mol. The van der Waals surface area contributed by atoms with Crippen molar-refractivity contribution in [1.29, 1.82) is 0 Å². The van der Waals surface area contributed by atoms with Gasteiger partial charge in [0.05, 0.1) is 10.7 Å². The smallest absolute Gasteiger partial charge is 0.0861 e. The fourth-order valence-corrected chi connectivity index (χ4v) is 1.18. The number of hydrogen-bond acceptors (Lipinski definition) is 1. The zero-order valence-electron chi connectivity index (χ0n) is 6.40. The number of nitrogens with one attached hydrogen (secondary N) is 1. The fraction of sp³-hybridized carbons (Fsp3) is 0.571. The van der Waals surface area contributed by atoms with Crippen LogP contribution in [-0.4, -0.2) is 10.2 Å². The number of H-pyrrole nitrogens is 1. The summed E-state index contributed by atoms with van der Waals surface area (Å²) in [6.45, 7) is 6.24.